The van der Waals surface area contributed by atoms with E-state index >= 15 is 0 Å². The summed E-state index contributed by atoms with van der Waals surface area (Å²) in [4.78, 5) is 5.15. The van der Waals surface area contributed by atoms with Crippen LogP contribution in [-0.4, -0.2) is 11.5 Å². The predicted molar refractivity (Wildman–Crippen MR) is 48.4 cm³/mol. The van der Waals surface area contributed by atoms with Crippen molar-refractivity contribution in [2.24, 2.45) is 0 Å². The normalized spacial score (nSPS) is 9.91. The fraction of sp³-hybridized carbons (Fsp3) is 0.375. The van der Waals surface area contributed by atoms with Crippen LogP contribution in [0.15, 0.2) is 29.4 Å². The zero-order chi connectivity index (χ0) is 7.94. The highest BCUT2D eigenvalue weighted by molar-refractivity contribution is 7.97. The van der Waals surface area contributed by atoms with Crippen molar-refractivity contribution in [2.45, 2.75) is 18.2 Å². The third-order valence-corrected chi connectivity index (χ3v) is 2.05. The molecule has 1 rings (SSSR count). The van der Waals surface area contributed by atoms with Crippen molar-refractivity contribution < 1.29 is 0 Å². The Balaban J connectivity index is 2.28. The van der Waals surface area contributed by atoms with Crippen molar-refractivity contribution in [1.82, 2.24) is 9.71 Å². The van der Waals surface area contributed by atoms with Gasteiger partial charge in [0.05, 0.1) is 0 Å². The fourth-order valence-corrected chi connectivity index (χ4v) is 1.37. The van der Waals surface area contributed by atoms with Gasteiger partial charge in [-0.25, -0.2) is 0 Å². The molecule has 0 atom stereocenters. The zero-order valence-corrected chi connectivity index (χ0v) is 7.40. The minimum Gasteiger partial charge on any atom is -0.265 e. The number of nitrogens with zero attached hydrogens (tertiary/aromatic N) is 1. The van der Waals surface area contributed by atoms with Gasteiger partial charge in [0.25, 0.3) is 0 Å². The van der Waals surface area contributed by atoms with E-state index in [0.29, 0.717) is 0 Å². The molecule has 2 nitrogen and oxygen atoms in total. The Hall–Kier alpha value is -0.540. The highest BCUT2D eigenvalue weighted by Gasteiger charge is 1.89. The maximum atomic E-state index is 3.93. The summed E-state index contributed by atoms with van der Waals surface area (Å²) in [5.74, 6) is 0. The second-order valence-electron chi connectivity index (χ2n) is 2.18. The number of rotatable bonds is 4. The largest absolute Gasteiger partial charge is 0.265 e. The van der Waals surface area contributed by atoms with Crippen LogP contribution in [0.1, 0.15) is 13.3 Å². The number of pyridine rings is 1. The van der Waals surface area contributed by atoms with Crippen molar-refractivity contribution in [3.8, 4) is 0 Å². The van der Waals surface area contributed by atoms with E-state index in [9.17, 15) is 0 Å². The third-order valence-electron chi connectivity index (χ3n) is 1.19. The first kappa shape index (κ1) is 8.56. The summed E-state index contributed by atoms with van der Waals surface area (Å²) in [6, 6.07) is 3.99. The molecule has 0 aliphatic carbocycles. The lowest BCUT2D eigenvalue weighted by atomic mass is 10.5. The number of nitrogens with one attached hydrogen (secondary N) is 1. The molecule has 0 unspecified atom stereocenters. The number of aromatic nitrogens is 1. The molecule has 1 aromatic heterocycles. The molecule has 0 bridgehead atoms. The van der Waals surface area contributed by atoms with Gasteiger partial charge in [-0.15, -0.1) is 0 Å². The summed E-state index contributed by atoms with van der Waals surface area (Å²) in [5.41, 5.74) is 0. The van der Waals surface area contributed by atoms with E-state index in [-0.39, 0.29) is 0 Å². The van der Waals surface area contributed by atoms with Gasteiger partial charge in [0.15, 0.2) is 0 Å². The van der Waals surface area contributed by atoms with Crippen molar-refractivity contribution in [2.75, 3.05) is 6.54 Å². The summed E-state index contributed by atoms with van der Waals surface area (Å²) in [6.07, 6.45) is 4.77. The van der Waals surface area contributed by atoms with Gasteiger partial charge < -0.3 is 0 Å². The van der Waals surface area contributed by atoms with Crippen molar-refractivity contribution in [3.05, 3.63) is 24.5 Å². The van der Waals surface area contributed by atoms with Crippen LogP contribution < -0.4 is 4.72 Å². The molecule has 0 aliphatic heterocycles. The topological polar surface area (TPSA) is 24.9 Å². The highest BCUT2D eigenvalue weighted by atomic mass is 32.2. The summed E-state index contributed by atoms with van der Waals surface area (Å²) < 4.78 is 3.24. The molecule has 11 heavy (non-hydrogen) atoms. The Bertz CT molecular complexity index is 189. The molecule has 1 aromatic rings. The van der Waals surface area contributed by atoms with Crippen molar-refractivity contribution >= 4 is 11.9 Å². The van der Waals surface area contributed by atoms with Gasteiger partial charge in [0, 0.05) is 23.8 Å². The average Bonchev–Trinajstić information content (AvgIpc) is 2.07. The Morgan fingerprint density at radius 1 is 1.45 bits per heavy atom. The summed E-state index contributed by atoms with van der Waals surface area (Å²) >= 11 is 1.65. The molecule has 3 heteroatoms. The summed E-state index contributed by atoms with van der Waals surface area (Å²) in [7, 11) is 0. The van der Waals surface area contributed by atoms with Crippen molar-refractivity contribution in [3.63, 3.8) is 0 Å². The number of hydrogen-bond donors (Lipinski definition) is 1. The number of hydrogen-bond acceptors (Lipinski definition) is 3. The Labute approximate surface area is 71.6 Å². The first-order valence-corrected chi connectivity index (χ1v) is 4.55. The van der Waals surface area contributed by atoms with Gasteiger partial charge in [-0.3, -0.25) is 9.71 Å². The lowest BCUT2D eigenvalue weighted by Crippen LogP contribution is -2.02. The third kappa shape index (κ3) is 3.39. The molecule has 0 spiro atoms. The van der Waals surface area contributed by atoms with Gasteiger partial charge in [0.2, 0.25) is 0 Å². The van der Waals surface area contributed by atoms with E-state index < -0.39 is 0 Å². The van der Waals surface area contributed by atoms with E-state index in [1.165, 1.54) is 4.90 Å². The van der Waals surface area contributed by atoms with Crippen LogP contribution in [0.4, 0.5) is 0 Å². The van der Waals surface area contributed by atoms with E-state index in [2.05, 4.69) is 16.6 Å². The molecule has 0 saturated carbocycles. The molecule has 0 saturated heterocycles. The van der Waals surface area contributed by atoms with Gasteiger partial charge in [0.1, 0.15) is 0 Å². The average molecular weight is 168 g/mol. The van der Waals surface area contributed by atoms with Crippen LogP contribution in [0, 0.1) is 0 Å². The second-order valence-corrected chi connectivity index (χ2v) is 3.14. The maximum absolute atomic E-state index is 3.93. The Kier molecular flexibility index (Phi) is 4.01. The van der Waals surface area contributed by atoms with Gasteiger partial charge in [-0.1, -0.05) is 6.92 Å². The monoisotopic (exact) mass is 168 g/mol. The van der Waals surface area contributed by atoms with Gasteiger partial charge in [-0.2, -0.15) is 0 Å². The molecule has 0 amide bonds. The predicted octanol–water partition coefficient (Wildman–Crippen LogP) is 2.09. The molecule has 0 aromatic carbocycles. The Morgan fingerprint density at radius 2 is 2.18 bits per heavy atom. The second kappa shape index (κ2) is 5.16. The minimum atomic E-state index is 1.05. The van der Waals surface area contributed by atoms with E-state index in [1.54, 1.807) is 24.3 Å². The van der Waals surface area contributed by atoms with E-state index in [1.807, 2.05) is 12.1 Å². The van der Waals surface area contributed by atoms with E-state index in [4.69, 9.17) is 0 Å². The zero-order valence-electron chi connectivity index (χ0n) is 6.58. The van der Waals surface area contributed by atoms with Crippen LogP contribution in [0.3, 0.4) is 0 Å². The summed E-state index contributed by atoms with van der Waals surface area (Å²) in [6.45, 7) is 3.20. The smallest absolute Gasteiger partial charge is 0.0279 e. The Morgan fingerprint density at radius 3 is 2.82 bits per heavy atom. The first-order valence-electron chi connectivity index (χ1n) is 3.73. The first-order chi connectivity index (χ1) is 5.43. The minimum absolute atomic E-state index is 1.05. The lowest BCUT2D eigenvalue weighted by Gasteiger charge is -1.99. The lowest BCUT2D eigenvalue weighted by molar-refractivity contribution is 0.877. The SMILES string of the molecule is CCCNSc1ccncc1. The quantitative estimate of drug-likeness (QED) is 0.550. The standard InChI is InChI=1S/C8H12N2S/c1-2-5-10-11-8-3-6-9-7-4-8/h3-4,6-7,10H,2,5H2,1H3. The molecule has 0 aliphatic rings. The van der Waals surface area contributed by atoms with Crippen LogP contribution in [0.5, 0.6) is 0 Å². The summed E-state index contributed by atoms with van der Waals surface area (Å²) in [5, 5.41) is 0. The highest BCUT2D eigenvalue weighted by Crippen LogP contribution is 2.11. The van der Waals surface area contributed by atoms with E-state index in [0.717, 1.165) is 13.0 Å². The van der Waals surface area contributed by atoms with Gasteiger partial charge in [-0.05, 0) is 30.5 Å². The molecule has 1 heterocycles. The van der Waals surface area contributed by atoms with Crippen LogP contribution in [-0.2, 0) is 0 Å². The van der Waals surface area contributed by atoms with Crippen LogP contribution >= 0.6 is 11.9 Å². The molecular weight excluding hydrogens is 156 g/mol. The molecule has 60 valence electrons. The molecule has 0 fully saturated rings. The molecule has 1 N–H and O–H groups in total. The molecular formula is C8H12N2S. The molecule has 0 radical (unpaired) electrons. The van der Waals surface area contributed by atoms with Crippen LogP contribution in [0.25, 0.3) is 0 Å². The van der Waals surface area contributed by atoms with Crippen molar-refractivity contribution in [1.29, 1.82) is 0 Å². The van der Waals surface area contributed by atoms with Crippen LogP contribution in [0.2, 0.25) is 0 Å². The maximum Gasteiger partial charge on any atom is 0.0279 e. The van der Waals surface area contributed by atoms with Gasteiger partial charge >= 0.3 is 0 Å². The fourth-order valence-electron chi connectivity index (χ4n) is 0.643.